The molecule has 0 aliphatic carbocycles. The molecule has 33 heavy (non-hydrogen) atoms. The summed E-state index contributed by atoms with van der Waals surface area (Å²) in [6, 6.07) is 14.1. The summed E-state index contributed by atoms with van der Waals surface area (Å²) in [7, 11) is -2.51. The number of para-hydroxylation sites is 1. The third kappa shape index (κ3) is 3.97. The molecule has 1 amide bonds. The molecule has 168 valence electrons. The number of ether oxygens (including phenoxy) is 1. The zero-order valence-electron chi connectivity index (χ0n) is 17.4. The van der Waals surface area contributed by atoms with Crippen molar-refractivity contribution in [3.05, 3.63) is 89.8 Å². The van der Waals surface area contributed by atoms with Crippen molar-refractivity contribution < 1.29 is 27.9 Å². The Morgan fingerprint density at radius 1 is 1.03 bits per heavy atom. The molecule has 4 rings (SSSR count). The highest BCUT2D eigenvalue weighted by atomic mass is 32.2. The minimum Gasteiger partial charge on any atom is -0.507 e. The molecule has 0 saturated carbocycles. The quantitative estimate of drug-likeness (QED) is 0.335. The van der Waals surface area contributed by atoms with E-state index in [0.29, 0.717) is 11.3 Å². The van der Waals surface area contributed by atoms with Crippen molar-refractivity contribution >= 4 is 33.2 Å². The van der Waals surface area contributed by atoms with Gasteiger partial charge in [0, 0.05) is 18.1 Å². The molecular weight excluding hydrogens is 446 g/mol. The molecule has 1 unspecified atom stereocenters. The molecule has 2 heterocycles. The highest BCUT2D eigenvalue weighted by Gasteiger charge is 2.47. The van der Waals surface area contributed by atoms with Gasteiger partial charge in [0.1, 0.15) is 11.5 Å². The lowest BCUT2D eigenvalue weighted by Crippen LogP contribution is -2.29. The number of sulfonamides is 1. The first-order chi connectivity index (χ1) is 15.7. The van der Waals surface area contributed by atoms with Crippen molar-refractivity contribution in [3.8, 4) is 5.75 Å². The van der Waals surface area contributed by atoms with Crippen molar-refractivity contribution in [1.29, 1.82) is 0 Å². The van der Waals surface area contributed by atoms with Crippen LogP contribution in [0.15, 0.2) is 83.5 Å². The molecule has 1 aromatic heterocycles. The number of anilines is 1. The summed E-state index contributed by atoms with van der Waals surface area (Å²) in [5, 5.41) is 16.3. The van der Waals surface area contributed by atoms with Crippen LogP contribution in [0.25, 0.3) is 5.76 Å². The number of carbonyl (C=O) groups excluding carboxylic acids is 2. The molecule has 1 saturated heterocycles. The van der Waals surface area contributed by atoms with Crippen molar-refractivity contribution in [2.75, 3.05) is 12.0 Å². The van der Waals surface area contributed by atoms with Crippen LogP contribution in [0.2, 0.25) is 0 Å². The Labute approximate surface area is 189 Å². The Kier molecular flexibility index (Phi) is 5.71. The lowest BCUT2D eigenvalue weighted by molar-refractivity contribution is -0.132. The first kappa shape index (κ1) is 22.2. The minimum atomic E-state index is -3.94. The summed E-state index contributed by atoms with van der Waals surface area (Å²) in [5.41, 5.74) is 0.898. The Bertz CT molecular complexity index is 1370. The molecule has 1 atom stereocenters. The lowest BCUT2D eigenvalue weighted by atomic mass is 9.95. The maximum absolute atomic E-state index is 13.1. The molecule has 1 aliphatic heterocycles. The van der Waals surface area contributed by atoms with Gasteiger partial charge in [0.05, 0.1) is 29.2 Å². The first-order valence-electron chi connectivity index (χ1n) is 9.71. The van der Waals surface area contributed by atoms with E-state index in [1.54, 1.807) is 36.4 Å². The molecule has 3 aromatic rings. The zero-order valence-corrected chi connectivity index (χ0v) is 18.2. The summed E-state index contributed by atoms with van der Waals surface area (Å²) in [5.74, 6) is -1.84. The van der Waals surface area contributed by atoms with E-state index in [4.69, 9.17) is 9.88 Å². The van der Waals surface area contributed by atoms with Crippen molar-refractivity contribution in [2.45, 2.75) is 10.9 Å². The van der Waals surface area contributed by atoms with Crippen molar-refractivity contribution in [1.82, 2.24) is 4.98 Å². The molecule has 10 heteroatoms. The maximum atomic E-state index is 13.1. The van der Waals surface area contributed by atoms with Crippen LogP contribution in [0.4, 0.5) is 5.69 Å². The number of rotatable bonds is 5. The fourth-order valence-electron chi connectivity index (χ4n) is 3.74. The van der Waals surface area contributed by atoms with Crippen LogP contribution in [0.3, 0.4) is 0 Å². The van der Waals surface area contributed by atoms with E-state index < -0.39 is 33.5 Å². The van der Waals surface area contributed by atoms with Crippen LogP contribution in [0.1, 0.15) is 17.2 Å². The number of pyridine rings is 1. The molecular formula is C23H19N3O6S. The minimum absolute atomic E-state index is 0.133. The van der Waals surface area contributed by atoms with Crippen molar-refractivity contribution in [2.24, 2.45) is 5.14 Å². The van der Waals surface area contributed by atoms with Gasteiger partial charge in [-0.1, -0.05) is 12.1 Å². The van der Waals surface area contributed by atoms with Gasteiger partial charge in [-0.3, -0.25) is 19.5 Å². The summed E-state index contributed by atoms with van der Waals surface area (Å²) < 4.78 is 28.5. The summed E-state index contributed by atoms with van der Waals surface area (Å²) in [6.45, 7) is 0. The standard InChI is InChI=1S/C23H19N3O6S/c1-32-18-5-3-2-4-17(18)21(27)19-20(14-10-12-25-13-11-14)26(23(29)22(19)28)15-6-8-16(9-7-15)33(24,30)31/h2-13,20,27H,1H3,(H2,24,30,31)/b21-19+. The highest BCUT2D eigenvalue weighted by Crippen LogP contribution is 2.43. The molecule has 0 radical (unpaired) electrons. The zero-order chi connectivity index (χ0) is 23.8. The number of hydrogen-bond donors (Lipinski definition) is 2. The average Bonchev–Trinajstić information content (AvgIpc) is 3.09. The number of benzene rings is 2. The normalized spacial score (nSPS) is 17.9. The number of aromatic nitrogens is 1. The predicted octanol–water partition coefficient (Wildman–Crippen LogP) is 2.36. The SMILES string of the molecule is COc1ccccc1/C(O)=C1\C(=O)C(=O)N(c2ccc(S(N)(=O)=O)cc2)C1c1ccncc1. The Morgan fingerprint density at radius 3 is 2.27 bits per heavy atom. The molecule has 0 bridgehead atoms. The second kappa shape index (κ2) is 8.49. The molecule has 3 N–H and O–H groups in total. The average molecular weight is 465 g/mol. The third-order valence-corrected chi connectivity index (χ3v) is 6.20. The smallest absolute Gasteiger partial charge is 0.300 e. The Balaban J connectivity index is 1.93. The van der Waals surface area contributed by atoms with Gasteiger partial charge in [-0.15, -0.1) is 0 Å². The number of ketones is 1. The fourth-order valence-corrected chi connectivity index (χ4v) is 4.26. The van der Waals surface area contributed by atoms with E-state index in [0.717, 1.165) is 0 Å². The number of nitrogens with zero attached hydrogens (tertiary/aromatic N) is 2. The highest BCUT2D eigenvalue weighted by molar-refractivity contribution is 7.89. The lowest BCUT2D eigenvalue weighted by Gasteiger charge is -2.25. The van der Waals surface area contributed by atoms with Crippen LogP contribution >= 0.6 is 0 Å². The van der Waals surface area contributed by atoms with Crippen LogP contribution in [-0.2, 0) is 19.6 Å². The largest absolute Gasteiger partial charge is 0.507 e. The van der Waals surface area contributed by atoms with Crippen LogP contribution in [-0.4, -0.2) is 37.3 Å². The first-order valence-corrected chi connectivity index (χ1v) is 11.3. The van der Waals surface area contributed by atoms with Gasteiger partial charge in [-0.2, -0.15) is 0 Å². The van der Waals surface area contributed by atoms with Gasteiger partial charge >= 0.3 is 0 Å². The third-order valence-electron chi connectivity index (χ3n) is 5.27. The van der Waals surface area contributed by atoms with Gasteiger partial charge in [-0.05, 0) is 54.1 Å². The Hall–Kier alpha value is -4.02. The van der Waals surface area contributed by atoms with Crippen LogP contribution < -0.4 is 14.8 Å². The number of Topliss-reactive ketones (excluding diaryl/α,β-unsaturated/α-hetero) is 1. The van der Waals surface area contributed by atoms with E-state index in [2.05, 4.69) is 4.98 Å². The number of amides is 1. The molecule has 1 fully saturated rings. The fraction of sp³-hybridized carbons (Fsp3) is 0.0870. The maximum Gasteiger partial charge on any atom is 0.300 e. The molecule has 2 aromatic carbocycles. The number of carbonyl (C=O) groups is 2. The number of methoxy groups -OCH3 is 1. The summed E-state index contributed by atoms with van der Waals surface area (Å²) in [4.78, 5) is 31.3. The van der Waals surface area contributed by atoms with Gasteiger partial charge in [0.25, 0.3) is 11.7 Å². The number of hydrogen-bond acceptors (Lipinski definition) is 7. The van der Waals surface area contributed by atoms with Crippen LogP contribution in [0, 0.1) is 0 Å². The number of primary sulfonamides is 1. The van der Waals surface area contributed by atoms with Crippen LogP contribution in [0.5, 0.6) is 5.75 Å². The van der Waals surface area contributed by atoms with E-state index in [9.17, 15) is 23.1 Å². The van der Waals surface area contributed by atoms with E-state index in [1.807, 2.05) is 0 Å². The van der Waals surface area contributed by atoms with Gasteiger partial charge in [0.15, 0.2) is 0 Å². The number of aliphatic hydroxyl groups excluding tert-OH is 1. The molecule has 0 spiro atoms. The van der Waals surface area contributed by atoms with E-state index >= 15 is 0 Å². The van der Waals surface area contributed by atoms with E-state index in [-0.39, 0.29) is 21.7 Å². The van der Waals surface area contributed by atoms with Gasteiger partial charge < -0.3 is 9.84 Å². The molecule has 1 aliphatic rings. The Morgan fingerprint density at radius 2 is 1.67 bits per heavy atom. The second-order valence-corrected chi connectivity index (χ2v) is 8.75. The summed E-state index contributed by atoms with van der Waals surface area (Å²) in [6.07, 6.45) is 3.01. The van der Waals surface area contributed by atoms with Crippen molar-refractivity contribution in [3.63, 3.8) is 0 Å². The molecule has 9 nitrogen and oxygen atoms in total. The second-order valence-electron chi connectivity index (χ2n) is 7.19. The van der Waals surface area contributed by atoms with E-state index in [1.165, 1.54) is 48.7 Å². The van der Waals surface area contributed by atoms with Gasteiger partial charge in [0.2, 0.25) is 10.0 Å². The monoisotopic (exact) mass is 465 g/mol. The van der Waals surface area contributed by atoms with Gasteiger partial charge in [-0.25, -0.2) is 13.6 Å². The number of aliphatic hydroxyl groups is 1. The number of nitrogens with two attached hydrogens (primary N) is 1. The predicted molar refractivity (Wildman–Crippen MR) is 120 cm³/mol. The summed E-state index contributed by atoms with van der Waals surface area (Å²) >= 11 is 0. The topological polar surface area (TPSA) is 140 Å².